The average Bonchev–Trinajstić information content (AvgIpc) is 2.34. The van der Waals surface area contributed by atoms with Gasteiger partial charge in [-0.05, 0) is 12.1 Å². The Hall–Kier alpha value is -1.39. The van der Waals surface area contributed by atoms with Crippen LogP contribution in [0.1, 0.15) is 12.5 Å². The number of rotatable bonds is 6. The molecule has 16 heavy (non-hydrogen) atoms. The van der Waals surface area contributed by atoms with Gasteiger partial charge in [0.2, 0.25) is 0 Å². The Morgan fingerprint density at radius 2 is 2.12 bits per heavy atom. The van der Waals surface area contributed by atoms with E-state index in [1.165, 1.54) is 0 Å². The third-order valence-corrected chi connectivity index (χ3v) is 2.14. The minimum atomic E-state index is -0.631. The zero-order valence-corrected chi connectivity index (χ0v) is 9.35. The molecule has 1 rings (SSSR count). The van der Waals surface area contributed by atoms with Gasteiger partial charge in [0.05, 0.1) is 6.61 Å². The molecule has 1 atom stereocenters. The lowest BCUT2D eigenvalue weighted by Gasteiger charge is -2.13. The molecule has 0 aliphatic heterocycles. The van der Waals surface area contributed by atoms with Crippen molar-refractivity contribution in [3.8, 4) is 0 Å². The summed E-state index contributed by atoms with van der Waals surface area (Å²) in [5.41, 5.74) is 0.934. The molecule has 0 amide bonds. The van der Waals surface area contributed by atoms with Crippen molar-refractivity contribution < 1.29 is 14.6 Å². The first kappa shape index (κ1) is 12.7. The Kier molecular flexibility index (Phi) is 5.53. The lowest BCUT2D eigenvalue weighted by Crippen LogP contribution is -2.40. The molecule has 4 nitrogen and oxygen atoms in total. The van der Waals surface area contributed by atoms with Crippen LogP contribution >= 0.6 is 0 Å². The maximum Gasteiger partial charge on any atom is 0.325 e. The maximum atomic E-state index is 11.5. The van der Waals surface area contributed by atoms with E-state index < -0.39 is 12.0 Å². The predicted octanol–water partition coefficient (Wildman–Crippen LogP) is 0.700. The Morgan fingerprint density at radius 1 is 1.44 bits per heavy atom. The van der Waals surface area contributed by atoms with E-state index in [0.29, 0.717) is 6.54 Å². The Morgan fingerprint density at radius 3 is 2.69 bits per heavy atom. The van der Waals surface area contributed by atoms with Crippen molar-refractivity contribution in [3.63, 3.8) is 0 Å². The summed E-state index contributed by atoms with van der Waals surface area (Å²) in [4.78, 5) is 11.5. The lowest BCUT2D eigenvalue weighted by atomic mass is 10.2. The highest BCUT2D eigenvalue weighted by molar-refractivity contribution is 5.75. The van der Waals surface area contributed by atoms with Gasteiger partial charge < -0.3 is 15.2 Å². The molecule has 1 aromatic carbocycles. The van der Waals surface area contributed by atoms with Crippen LogP contribution in [0.25, 0.3) is 0 Å². The highest BCUT2D eigenvalue weighted by Gasteiger charge is 2.17. The van der Waals surface area contributed by atoms with E-state index in [0.717, 1.165) is 5.56 Å². The number of likely N-dealkylation sites (N-methyl/N-ethyl adjacent to an activating group) is 1. The number of aliphatic hydroxyl groups excluding tert-OH is 1. The summed E-state index contributed by atoms with van der Waals surface area (Å²) in [5.74, 6) is -0.423. The first-order valence-corrected chi connectivity index (χ1v) is 5.32. The number of esters is 1. The summed E-state index contributed by atoms with van der Waals surface area (Å²) in [6.07, 6.45) is 0. The van der Waals surface area contributed by atoms with E-state index in [2.05, 4.69) is 5.32 Å². The molecular formula is C12H17NO3. The number of hydrogen-bond donors (Lipinski definition) is 2. The minimum absolute atomic E-state index is 0.238. The van der Waals surface area contributed by atoms with Gasteiger partial charge in [-0.15, -0.1) is 0 Å². The molecule has 0 radical (unpaired) electrons. The highest BCUT2D eigenvalue weighted by Crippen LogP contribution is 2.01. The Balaban J connectivity index is 2.40. The summed E-state index contributed by atoms with van der Waals surface area (Å²) < 4.78 is 5.07. The molecule has 88 valence electrons. The van der Waals surface area contributed by atoms with Crippen molar-refractivity contribution in [3.05, 3.63) is 35.9 Å². The lowest BCUT2D eigenvalue weighted by molar-refractivity contribution is -0.148. The van der Waals surface area contributed by atoms with Crippen LogP contribution in [-0.4, -0.2) is 30.3 Å². The number of benzene rings is 1. The van der Waals surface area contributed by atoms with E-state index >= 15 is 0 Å². The Bertz CT molecular complexity index is 313. The fourth-order valence-electron chi connectivity index (χ4n) is 1.30. The van der Waals surface area contributed by atoms with Crippen molar-refractivity contribution in [2.45, 2.75) is 19.6 Å². The van der Waals surface area contributed by atoms with Gasteiger partial charge in [0, 0.05) is 0 Å². The molecule has 0 bridgehead atoms. The molecule has 2 N–H and O–H groups in total. The maximum absolute atomic E-state index is 11.5. The van der Waals surface area contributed by atoms with E-state index in [-0.39, 0.29) is 13.2 Å². The largest absolute Gasteiger partial charge is 0.460 e. The van der Waals surface area contributed by atoms with Gasteiger partial charge in [-0.2, -0.15) is 0 Å². The third kappa shape index (κ3) is 4.00. The first-order chi connectivity index (χ1) is 7.77. The van der Waals surface area contributed by atoms with Crippen molar-refractivity contribution in [2.75, 3.05) is 13.2 Å². The quantitative estimate of drug-likeness (QED) is 0.697. The van der Waals surface area contributed by atoms with Gasteiger partial charge in [0.15, 0.2) is 0 Å². The first-order valence-electron chi connectivity index (χ1n) is 5.32. The van der Waals surface area contributed by atoms with E-state index in [1.807, 2.05) is 37.3 Å². The monoisotopic (exact) mass is 223 g/mol. The zero-order chi connectivity index (χ0) is 11.8. The van der Waals surface area contributed by atoms with Crippen molar-refractivity contribution >= 4 is 5.97 Å². The Labute approximate surface area is 95.2 Å². The van der Waals surface area contributed by atoms with Gasteiger partial charge in [-0.25, -0.2) is 0 Å². The van der Waals surface area contributed by atoms with Crippen LogP contribution in [0.4, 0.5) is 0 Å². The number of carbonyl (C=O) groups excluding carboxylic acids is 1. The summed E-state index contributed by atoms with van der Waals surface area (Å²) in [6, 6.07) is 8.81. The second-order valence-electron chi connectivity index (χ2n) is 3.39. The molecule has 0 aliphatic carbocycles. The van der Waals surface area contributed by atoms with Crippen LogP contribution in [0.15, 0.2) is 30.3 Å². The van der Waals surface area contributed by atoms with Gasteiger partial charge in [-0.3, -0.25) is 4.79 Å². The molecule has 1 unspecified atom stereocenters. The SMILES string of the molecule is CCNC(CO)C(=O)OCc1ccccc1. The van der Waals surface area contributed by atoms with Crippen LogP contribution in [0.2, 0.25) is 0 Å². The number of aliphatic hydroxyl groups is 1. The molecule has 0 fully saturated rings. The third-order valence-electron chi connectivity index (χ3n) is 2.14. The molecular weight excluding hydrogens is 206 g/mol. The van der Waals surface area contributed by atoms with Crippen LogP contribution in [0, 0.1) is 0 Å². The smallest absolute Gasteiger partial charge is 0.325 e. The normalized spacial score (nSPS) is 12.1. The molecule has 1 aromatic rings. The fourth-order valence-corrected chi connectivity index (χ4v) is 1.30. The minimum Gasteiger partial charge on any atom is -0.460 e. The summed E-state index contributed by atoms with van der Waals surface area (Å²) in [6.45, 7) is 2.47. The molecule has 0 aliphatic rings. The van der Waals surface area contributed by atoms with Crippen LogP contribution in [0.5, 0.6) is 0 Å². The zero-order valence-electron chi connectivity index (χ0n) is 9.35. The molecule has 0 saturated heterocycles. The van der Waals surface area contributed by atoms with Gasteiger partial charge in [0.25, 0.3) is 0 Å². The summed E-state index contributed by atoms with van der Waals surface area (Å²) in [7, 11) is 0. The van der Waals surface area contributed by atoms with Crippen molar-refractivity contribution in [1.82, 2.24) is 5.32 Å². The average molecular weight is 223 g/mol. The topological polar surface area (TPSA) is 58.6 Å². The van der Waals surface area contributed by atoms with Gasteiger partial charge >= 0.3 is 5.97 Å². The second-order valence-corrected chi connectivity index (χ2v) is 3.39. The molecule has 4 heteroatoms. The number of hydrogen-bond acceptors (Lipinski definition) is 4. The van der Waals surface area contributed by atoms with Crippen LogP contribution in [0.3, 0.4) is 0 Å². The van der Waals surface area contributed by atoms with Crippen molar-refractivity contribution in [2.24, 2.45) is 0 Å². The van der Waals surface area contributed by atoms with Crippen LogP contribution in [-0.2, 0) is 16.1 Å². The molecule has 0 saturated carbocycles. The number of carbonyl (C=O) groups is 1. The van der Waals surface area contributed by atoms with E-state index in [4.69, 9.17) is 9.84 Å². The predicted molar refractivity (Wildman–Crippen MR) is 60.8 cm³/mol. The molecule has 0 spiro atoms. The fraction of sp³-hybridized carbons (Fsp3) is 0.417. The second kappa shape index (κ2) is 6.98. The van der Waals surface area contributed by atoms with Gasteiger partial charge in [-0.1, -0.05) is 37.3 Å². The summed E-state index contributed by atoms with van der Waals surface area (Å²) >= 11 is 0. The highest BCUT2D eigenvalue weighted by atomic mass is 16.5. The van der Waals surface area contributed by atoms with Crippen molar-refractivity contribution in [1.29, 1.82) is 0 Å². The van der Waals surface area contributed by atoms with Crippen LogP contribution < -0.4 is 5.32 Å². The standard InChI is InChI=1S/C12H17NO3/c1-2-13-11(8-14)12(15)16-9-10-6-4-3-5-7-10/h3-7,11,13-14H,2,8-9H2,1H3. The van der Waals surface area contributed by atoms with E-state index in [9.17, 15) is 4.79 Å². The van der Waals surface area contributed by atoms with Gasteiger partial charge in [0.1, 0.15) is 12.6 Å². The molecule has 0 heterocycles. The summed E-state index contributed by atoms with van der Waals surface area (Å²) in [5, 5.41) is 11.8. The molecule has 0 aromatic heterocycles. The number of ether oxygens (including phenoxy) is 1. The van der Waals surface area contributed by atoms with E-state index in [1.54, 1.807) is 0 Å². The number of nitrogens with one attached hydrogen (secondary N) is 1.